The molecule has 0 saturated heterocycles. The molecule has 16 heavy (non-hydrogen) atoms. The molecule has 0 amide bonds. The first-order valence-corrected chi connectivity index (χ1v) is 5.31. The van der Waals surface area contributed by atoms with Crippen LogP contribution in [0, 0.1) is 13.8 Å². The van der Waals surface area contributed by atoms with E-state index in [1.807, 2.05) is 25.5 Å². The van der Waals surface area contributed by atoms with Gasteiger partial charge in [-0.25, -0.2) is 4.79 Å². The Morgan fingerprint density at radius 2 is 2.00 bits per heavy atom. The number of esters is 1. The number of aliphatic hydroxyl groups is 1. The molecule has 0 fully saturated rings. The number of hydrogen-bond donors (Lipinski definition) is 1. The lowest BCUT2D eigenvalue weighted by Gasteiger charge is -2.07. The fourth-order valence-corrected chi connectivity index (χ4v) is 1.94. The molecule has 4 heteroatoms. The van der Waals surface area contributed by atoms with Gasteiger partial charge in [-0.3, -0.25) is 0 Å². The SMILES string of the molecule is COC(=O)c1c(C[C@@H](C)O)c(C)n(C)c1C. The van der Waals surface area contributed by atoms with Crippen LogP contribution in [-0.2, 0) is 18.2 Å². The second-order valence-corrected chi connectivity index (χ2v) is 4.13. The Hall–Kier alpha value is -1.29. The third kappa shape index (κ3) is 2.11. The highest BCUT2D eigenvalue weighted by Crippen LogP contribution is 2.23. The van der Waals surface area contributed by atoms with Crippen molar-refractivity contribution in [3.8, 4) is 0 Å². The Bertz CT molecular complexity index is 405. The van der Waals surface area contributed by atoms with Crippen molar-refractivity contribution in [3.63, 3.8) is 0 Å². The predicted octanol–water partition coefficient (Wildman–Crippen LogP) is 1.35. The molecule has 1 rings (SSSR count). The van der Waals surface area contributed by atoms with Crippen LogP contribution in [0.2, 0.25) is 0 Å². The van der Waals surface area contributed by atoms with Crippen molar-refractivity contribution in [2.75, 3.05) is 7.11 Å². The van der Waals surface area contributed by atoms with E-state index in [1.54, 1.807) is 6.92 Å². The Morgan fingerprint density at radius 3 is 2.44 bits per heavy atom. The highest BCUT2D eigenvalue weighted by molar-refractivity contribution is 5.93. The molecule has 1 heterocycles. The van der Waals surface area contributed by atoms with Gasteiger partial charge in [0.1, 0.15) is 0 Å². The van der Waals surface area contributed by atoms with Crippen LogP contribution in [0.3, 0.4) is 0 Å². The number of aromatic nitrogens is 1. The predicted molar refractivity (Wildman–Crippen MR) is 61.6 cm³/mol. The van der Waals surface area contributed by atoms with Crippen molar-refractivity contribution >= 4 is 5.97 Å². The topological polar surface area (TPSA) is 51.5 Å². The largest absolute Gasteiger partial charge is 0.465 e. The van der Waals surface area contributed by atoms with Gasteiger partial charge in [0.15, 0.2) is 0 Å². The van der Waals surface area contributed by atoms with Gasteiger partial charge in [-0.05, 0) is 26.3 Å². The van der Waals surface area contributed by atoms with Gasteiger partial charge in [0.25, 0.3) is 0 Å². The van der Waals surface area contributed by atoms with E-state index in [9.17, 15) is 9.90 Å². The molecule has 0 aliphatic heterocycles. The fourth-order valence-electron chi connectivity index (χ4n) is 1.94. The Labute approximate surface area is 95.8 Å². The lowest BCUT2D eigenvalue weighted by atomic mass is 10.0. The average Bonchev–Trinajstić information content (AvgIpc) is 2.42. The number of ether oxygens (including phenoxy) is 1. The number of carbonyl (C=O) groups is 1. The van der Waals surface area contributed by atoms with Gasteiger partial charge in [0, 0.05) is 24.9 Å². The van der Waals surface area contributed by atoms with Crippen LogP contribution in [0.4, 0.5) is 0 Å². The van der Waals surface area contributed by atoms with Crippen molar-refractivity contribution in [2.24, 2.45) is 7.05 Å². The molecule has 1 N–H and O–H groups in total. The molecule has 0 aliphatic carbocycles. The van der Waals surface area contributed by atoms with Crippen LogP contribution in [-0.4, -0.2) is 28.9 Å². The lowest BCUT2D eigenvalue weighted by molar-refractivity contribution is 0.0598. The molecular formula is C12H19NO3. The van der Waals surface area contributed by atoms with Gasteiger partial charge in [-0.1, -0.05) is 0 Å². The third-order valence-electron chi connectivity index (χ3n) is 3.00. The second-order valence-electron chi connectivity index (χ2n) is 4.13. The summed E-state index contributed by atoms with van der Waals surface area (Å²) in [6.45, 7) is 5.53. The first-order chi connectivity index (χ1) is 7.40. The Balaban J connectivity index is 3.33. The summed E-state index contributed by atoms with van der Waals surface area (Å²) in [6, 6.07) is 0. The van der Waals surface area contributed by atoms with Crippen molar-refractivity contribution in [2.45, 2.75) is 33.3 Å². The molecule has 0 aromatic carbocycles. The summed E-state index contributed by atoms with van der Waals surface area (Å²) >= 11 is 0. The van der Waals surface area contributed by atoms with E-state index in [0.29, 0.717) is 12.0 Å². The van der Waals surface area contributed by atoms with Crippen molar-refractivity contribution in [3.05, 3.63) is 22.5 Å². The van der Waals surface area contributed by atoms with Gasteiger partial charge in [-0.15, -0.1) is 0 Å². The maximum atomic E-state index is 11.7. The van der Waals surface area contributed by atoms with E-state index in [1.165, 1.54) is 7.11 Å². The van der Waals surface area contributed by atoms with E-state index < -0.39 is 6.10 Å². The number of hydrogen-bond acceptors (Lipinski definition) is 3. The van der Waals surface area contributed by atoms with Gasteiger partial charge in [-0.2, -0.15) is 0 Å². The quantitative estimate of drug-likeness (QED) is 0.790. The standard InChI is InChI=1S/C12H19NO3/c1-7(14)6-10-8(2)13(4)9(3)11(10)12(15)16-5/h7,14H,6H2,1-5H3/t7-/m1/s1. The fraction of sp³-hybridized carbons (Fsp3) is 0.583. The Kier molecular flexibility index (Phi) is 3.75. The normalized spacial score (nSPS) is 12.6. The summed E-state index contributed by atoms with van der Waals surface area (Å²) in [7, 11) is 3.28. The molecule has 0 aliphatic rings. The number of nitrogens with zero attached hydrogens (tertiary/aromatic N) is 1. The summed E-state index contributed by atoms with van der Waals surface area (Å²) in [5.74, 6) is -0.336. The monoisotopic (exact) mass is 225 g/mol. The molecule has 0 radical (unpaired) electrons. The highest BCUT2D eigenvalue weighted by atomic mass is 16.5. The smallest absolute Gasteiger partial charge is 0.339 e. The number of methoxy groups -OCH3 is 1. The first kappa shape index (κ1) is 12.8. The summed E-state index contributed by atoms with van der Waals surface area (Å²) in [4.78, 5) is 11.7. The van der Waals surface area contributed by atoms with E-state index in [0.717, 1.165) is 17.0 Å². The number of carbonyl (C=O) groups excluding carboxylic acids is 1. The lowest BCUT2D eigenvalue weighted by Crippen LogP contribution is -2.11. The number of rotatable bonds is 3. The van der Waals surface area contributed by atoms with E-state index in [2.05, 4.69) is 0 Å². The van der Waals surface area contributed by atoms with Gasteiger partial charge < -0.3 is 14.4 Å². The minimum Gasteiger partial charge on any atom is -0.465 e. The molecule has 4 nitrogen and oxygen atoms in total. The molecule has 1 aromatic rings. The molecule has 1 atom stereocenters. The molecule has 1 aromatic heterocycles. The van der Waals surface area contributed by atoms with Gasteiger partial charge in [0.05, 0.1) is 18.8 Å². The zero-order valence-corrected chi connectivity index (χ0v) is 10.5. The van der Waals surface area contributed by atoms with E-state index >= 15 is 0 Å². The molecular weight excluding hydrogens is 206 g/mol. The van der Waals surface area contributed by atoms with Crippen molar-refractivity contribution in [1.82, 2.24) is 4.57 Å². The van der Waals surface area contributed by atoms with Crippen LogP contribution in [0.15, 0.2) is 0 Å². The Morgan fingerprint density at radius 1 is 1.44 bits per heavy atom. The van der Waals surface area contributed by atoms with Crippen LogP contribution < -0.4 is 0 Å². The maximum Gasteiger partial charge on any atom is 0.339 e. The minimum absolute atomic E-state index is 0.336. The highest BCUT2D eigenvalue weighted by Gasteiger charge is 2.22. The van der Waals surface area contributed by atoms with Crippen LogP contribution in [0.25, 0.3) is 0 Å². The first-order valence-electron chi connectivity index (χ1n) is 5.31. The second kappa shape index (κ2) is 4.70. The molecule has 0 unspecified atom stereocenters. The molecule has 0 bridgehead atoms. The van der Waals surface area contributed by atoms with Gasteiger partial charge >= 0.3 is 5.97 Å². The van der Waals surface area contributed by atoms with Crippen molar-refractivity contribution in [1.29, 1.82) is 0 Å². The van der Waals surface area contributed by atoms with Crippen LogP contribution in [0.1, 0.15) is 34.2 Å². The third-order valence-corrected chi connectivity index (χ3v) is 3.00. The van der Waals surface area contributed by atoms with Gasteiger partial charge in [0.2, 0.25) is 0 Å². The minimum atomic E-state index is -0.469. The van der Waals surface area contributed by atoms with E-state index in [4.69, 9.17) is 4.74 Å². The maximum absolute atomic E-state index is 11.7. The summed E-state index contributed by atoms with van der Waals surface area (Å²) < 4.78 is 6.72. The molecule has 0 spiro atoms. The molecule has 90 valence electrons. The summed E-state index contributed by atoms with van der Waals surface area (Å²) in [6.07, 6.45) is 0.00158. The summed E-state index contributed by atoms with van der Waals surface area (Å²) in [5, 5.41) is 9.45. The van der Waals surface area contributed by atoms with Crippen molar-refractivity contribution < 1.29 is 14.6 Å². The van der Waals surface area contributed by atoms with Crippen LogP contribution in [0.5, 0.6) is 0 Å². The summed E-state index contributed by atoms with van der Waals surface area (Å²) in [5.41, 5.74) is 3.34. The zero-order valence-electron chi connectivity index (χ0n) is 10.5. The average molecular weight is 225 g/mol. The number of aliphatic hydroxyl groups excluding tert-OH is 1. The van der Waals surface area contributed by atoms with E-state index in [-0.39, 0.29) is 5.97 Å². The zero-order chi connectivity index (χ0) is 12.5. The van der Waals surface area contributed by atoms with Crippen LogP contribution >= 0.6 is 0 Å². The molecule has 0 saturated carbocycles.